The SMILES string of the molecule is CC(=O)CSc1nnc(Nc2cccc(F)c2)s1. The molecule has 0 bridgehead atoms. The van der Waals surface area contributed by atoms with E-state index in [9.17, 15) is 9.18 Å². The summed E-state index contributed by atoms with van der Waals surface area (Å²) in [5, 5.41) is 11.4. The average Bonchev–Trinajstić information content (AvgIpc) is 2.74. The Balaban J connectivity index is 2.00. The number of carbonyl (C=O) groups is 1. The molecular weight excluding hydrogens is 273 g/mol. The molecule has 1 heterocycles. The topological polar surface area (TPSA) is 54.9 Å². The van der Waals surface area contributed by atoms with Gasteiger partial charge >= 0.3 is 0 Å². The van der Waals surface area contributed by atoms with Crippen molar-refractivity contribution in [3.63, 3.8) is 0 Å². The highest BCUT2D eigenvalue weighted by molar-refractivity contribution is 8.01. The second-order valence-corrected chi connectivity index (χ2v) is 5.70. The van der Waals surface area contributed by atoms with Crippen LogP contribution in [0, 0.1) is 5.82 Å². The molecule has 1 N–H and O–H groups in total. The molecule has 0 saturated carbocycles. The van der Waals surface area contributed by atoms with E-state index in [-0.39, 0.29) is 11.6 Å². The maximum Gasteiger partial charge on any atom is 0.210 e. The van der Waals surface area contributed by atoms with Crippen molar-refractivity contribution in [1.29, 1.82) is 0 Å². The van der Waals surface area contributed by atoms with E-state index in [1.54, 1.807) is 12.1 Å². The number of aromatic nitrogens is 2. The lowest BCUT2D eigenvalue weighted by Crippen LogP contribution is -1.92. The molecular formula is C11H10FN3OS2. The van der Waals surface area contributed by atoms with Crippen LogP contribution in [0.4, 0.5) is 15.2 Å². The summed E-state index contributed by atoms with van der Waals surface area (Å²) in [6.45, 7) is 1.53. The Hall–Kier alpha value is -1.47. The number of rotatable bonds is 5. The first-order chi connectivity index (χ1) is 8.63. The van der Waals surface area contributed by atoms with E-state index in [1.807, 2.05) is 0 Å². The Bertz CT molecular complexity index is 559. The number of Topliss-reactive ketones (excluding diaryl/α,β-unsaturated/α-hetero) is 1. The number of anilines is 2. The minimum Gasteiger partial charge on any atom is -0.330 e. The molecule has 0 aliphatic carbocycles. The van der Waals surface area contributed by atoms with Gasteiger partial charge in [-0.05, 0) is 25.1 Å². The number of carbonyl (C=O) groups excluding carboxylic acids is 1. The van der Waals surface area contributed by atoms with Gasteiger partial charge in [0.15, 0.2) is 4.34 Å². The summed E-state index contributed by atoms with van der Waals surface area (Å²) in [5.74, 6) is 0.166. The molecule has 94 valence electrons. The third-order valence-electron chi connectivity index (χ3n) is 1.88. The number of nitrogens with one attached hydrogen (secondary N) is 1. The molecule has 0 radical (unpaired) electrons. The molecule has 0 spiro atoms. The molecule has 0 fully saturated rings. The summed E-state index contributed by atoms with van der Waals surface area (Å²) in [7, 11) is 0. The first-order valence-electron chi connectivity index (χ1n) is 5.12. The molecule has 0 saturated heterocycles. The van der Waals surface area contributed by atoms with Crippen LogP contribution in [0.3, 0.4) is 0 Å². The first kappa shape index (κ1) is 13.0. The van der Waals surface area contributed by atoms with Crippen molar-refractivity contribution in [3.8, 4) is 0 Å². The van der Waals surface area contributed by atoms with Crippen molar-refractivity contribution in [3.05, 3.63) is 30.1 Å². The molecule has 0 aliphatic heterocycles. The first-order valence-corrected chi connectivity index (χ1v) is 6.92. The zero-order valence-corrected chi connectivity index (χ0v) is 11.1. The Kier molecular flexibility index (Phi) is 4.27. The van der Waals surface area contributed by atoms with Gasteiger partial charge in [-0.25, -0.2) is 4.39 Å². The Labute approximate surface area is 112 Å². The van der Waals surface area contributed by atoms with Gasteiger partial charge in [-0.2, -0.15) is 0 Å². The minimum atomic E-state index is -0.310. The molecule has 7 heteroatoms. The zero-order valence-electron chi connectivity index (χ0n) is 9.51. The maximum absolute atomic E-state index is 13.0. The van der Waals surface area contributed by atoms with Crippen molar-refractivity contribution in [2.24, 2.45) is 0 Å². The summed E-state index contributed by atoms with van der Waals surface area (Å²) in [4.78, 5) is 10.8. The molecule has 4 nitrogen and oxygen atoms in total. The summed E-state index contributed by atoms with van der Waals surface area (Å²) < 4.78 is 13.7. The van der Waals surface area contributed by atoms with E-state index >= 15 is 0 Å². The lowest BCUT2D eigenvalue weighted by atomic mass is 10.3. The monoisotopic (exact) mass is 283 g/mol. The lowest BCUT2D eigenvalue weighted by molar-refractivity contribution is -0.114. The van der Waals surface area contributed by atoms with Crippen LogP contribution in [0.2, 0.25) is 0 Å². The predicted molar refractivity (Wildman–Crippen MR) is 71.0 cm³/mol. The van der Waals surface area contributed by atoms with Crippen LogP contribution in [-0.2, 0) is 4.79 Å². The third kappa shape index (κ3) is 3.78. The molecule has 0 unspecified atom stereocenters. The highest BCUT2D eigenvalue weighted by atomic mass is 32.2. The number of nitrogens with zero attached hydrogens (tertiary/aromatic N) is 2. The molecule has 2 rings (SSSR count). The number of hydrogen-bond donors (Lipinski definition) is 1. The summed E-state index contributed by atoms with van der Waals surface area (Å²) in [5.41, 5.74) is 0.620. The third-order valence-corrected chi connectivity index (χ3v) is 4.00. The van der Waals surface area contributed by atoms with Crippen LogP contribution in [0.5, 0.6) is 0 Å². The summed E-state index contributed by atoms with van der Waals surface area (Å²) in [6.07, 6.45) is 0. The number of benzene rings is 1. The normalized spacial score (nSPS) is 10.3. The fourth-order valence-corrected chi connectivity index (χ4v) is 2.74. The Morgan fingerprint density at radius 3 is 3.06 bits per heavy atom. The van der Waals surface area contributed by atoms with Crippen molar-refractivity contribution >= 4 is 39.7 Å². The van der Waals surface area contributed by atoms with E-state index in [4.69, 9.17) is 0 Å². The van der Waals surface area contributed by atoms with Crippen LogP contribution in [-0.4, -0.2) is 21.7 Å². The fourth-order valence-electron chi connectivity index (χ4n) is 1.17. The molecule has 1 aromatic carbocycles. The molecule has 1 aromatic heterocycles. The van der Waals surface area contributed by atoms with Crippen LogP contribution in [0.15, 0.2) is 28.6 Å². The molecule has 0 amide bonds. The maximum atomic E-state index is 13.0. The van der Waals surface area contributed by atoms with E-state index in [0.717, 1.165) is 0 Å². The standard InChI is InChI=1S/C11H10FN3OS2/c1-7(16)6-17-11-15-14-10(18-11)13-9-4-2-3-8(12)5-9/h2-5H,6H2,1H3,(H,13,14). The van der Waals surface area contributed by atoms with Gasteiger partial charge in [0.2, 0.25) is 5.13 Å². The highest BCUT2D eigenvalue weighted by Crippen LogP contribution is 2.27. The molecule has 0 atom stereocenters. The Morgan fingerprint density at radius 1 is 1.50 bits per heavy atom. The largest absolute Gasteiger partial charge is 0.330 e. The van der Waals surface area contributed by atoms with E-state index in [1.165, 1.54) is 42.2 Å². The van der Waals surface area contributed by atoms with E-state index in [0.29, 0.717) is 20.9 Å². The van der Waals surface area contributed by atoms with Crippen LogP contribution in [0.25, 0.3) is 0 Å². The number of thioether (sulfide) groups is 1. The van der Waals surface area contributed by atoms with Gasteiger partial charge in [-0.1, -0.05) is 29.2 Å². The van der Waals surface area contributed by atoms with Crippen LogP contribution < -0.4 is 5.32 Å². The van der Waals surface area contributed by atoms with E-state index in [2.05, 4.69) is 15.5 Å². The van der Waals surface area contributed by atoms with Gasteiger partial charge in [0.25, 0.3) is 0 Å². The second-order valence-electron chi connectivity index (χ2n) is 3.50. The lowest BCUT2D eigenvalue weighted by Gasteiger charge is -2.00. The van der Waals surface area contributed by atoms with Crippen LogP contribution in [0.1, 0.15) is 6.92 Å². The van der Waals surface area contributed by atoms with Crippen LogP contribution >= 0.6 is 23.1 Å². The van der Waals surface area contributed by atoms with Gasteiger partial charge in [0.1, 0.15) is 11.6 Å². The number of hydrogen-bond acceptors (Lipinski definition) is 6. The zero-order chi connectivity index (χ0) is 13.0. The summed E-state index contributed by atoms with van der Waals surface area (Å²) >= 11 is 2.67. The summed E-state index contributed by atoms with van der Waals surface area (Å²) in [6, 6.07) is 6.11. The second kappa shape index (κ2) is 5.92. The van der Waals surface area contributed by atoms with Gasteiger partial charge in [-0.3, -0.25) is 4.79 Å². The van der Waals surface area contributed by atoms with Crippen molar-refractivity contribution < 1.29 is 9.18 Å². The van der Waals surface area contributed by atoms with Gasteiger partial charge < -0.3 is 5.32 Å². The smallest absolute Gasteiger partial charge is 0.210 e. The molecule has 0 aliphatic rings. The van der Waals surface area contributed by atoms with Gasteiger partial charge in [0, 0.05) is 5.69 Å². The number of halogens is 1. The Morgan fingerprint density at radius 2 is 2.33 bits per heavy atom. The quantitative estimate of drug-likeness (QED) is 0.854. The molecule has 2 aromatic rings. The van der Waals surface area contributed by atoms with Crippen molar-refractivity contribution in [2.75, 3.05) is 11.1 Å². The van der Waals surface area contributed by atoms with Crippen molar-refractivity contribution in [1.82, 2.24) is 10.2 Å². The van der Waals surface area contributed by atoms with Gasteiger partial charge in [0.05, 0.1) is 5.75 Å². The fraction of sp³-hybridized carbons (Fsp3) is 0.182. The molecule has 18 heavy (non-hydrogen) atoms. The van der Waals surface area contributed by atoms with Gasteiger partial charge in [-0.15, -0.1) is 10.2 Å². The number of ketones is 1. The average molecular weight is 283 g/mol. The predicted octanol–water partition coefficient (Wildman–Crippen LogP) is 3.10. The highest BCUT2D eigenvalue weighted by Gasteiger charge is 2.06. The van der Waals surface area contributed by atoms with E-state index < -0.39 is 0 Å². The minimum absolute atomic E-state index is 0.0924. The van der Waals surface area contributed by atoms with Crippen molar-refractivity contribution in [2.45, 2.75) is 11.3 Å².